The van der Waals surface area contributed by atoms with Gasteiger partial charge in [0.2, 0.25) is 11.8 Å². The van der Waals surface area contributed by atoms with Crippen molar-refractivity contribution in [3.8, 4) is 0 Å². The van der Waals surface area contributed by atoms with Gasteiger partial charge >= 0.3 is 0 Å². The molecule has 126 valence electrons. The Morgan fingerprint density at radius 2 is 1.54 bits per heavy atom. The highest BCUT2D eigenvalue weighted by atomic mass is 32.2. The average Bonchev–Trinajstić information content (AvgIpc) is 2.56. The Morgan fingerprint density at radius 3 is 2.12 bits per heavy atom. The van der Waals surface area contributed by atoms with Crippen molar-refractivity contribution >= 4 is 35.0 Å². The van der Waals surface area contributed by atoms with Crippen molar-refractivity contribution in [2.75, 3.05) is 16.4 Å². The minimum atomic E-state index is -0.0668. The molecular weight excluding hydrogens is 320 g/mol. The van der Waals surface area contributed by atoms with Gasteiger partial charge in [-0.3, -0.25) is 9.59 Å². The normalized spacial score (nSPS) is 10.5. The van der Waals surface area contributed by atoms with Crippen LogP contribution in [0, 0.1) is 12.8 Å². The van der Waals surface area contributed by atoms with Crippen LogP contribution in [-0.2, 0) is 9.59 Å². The summed E-state index contributed by atoms with van der Waals surface area (Å²) in [6.07, 6.45) is 0. The van der Waals surface area contributed by atoms with E-state index in [0.717, 1.165) is 10.6 Å². The summed E-state index contributed by atoms with van der Waals surface area (Å²) >= 11 is 1.52. The first-order valence-corrected chi connectivity index (χ1v) is 8.83. The third kappa shape index (κ3) is 5.42. The molecule has 0 unspecified atom stereocenters. The molecule has 0 aliphatic rings. The third-order valence-corrected chi connectivity index (χ3v) is 4.59. The lowest BCUT2D eigenvalue weighted by atomic mass is 10.2. The van der Waals surface area contributed by atoms with Crippen molar-refractivity contribution in [3.63, 3.8) is 0 Å². The number of thioether (sulfide) groups is 1. The van der Waals surface area contributed by atoms with E-state index in [1.807, 2.05) is 45.0 Å². The van der Waals surface area contributed by atoms with Gasteiger partial charge in [-0.2, -0.15) is 0 Å². The number of anilines is 2. The highest BCUT2D eigenvalue weighted by Gasteiger charge is 2.08. The summed E-state index contributed by atoms with van der Waals surface area (Å²) in [5.74, 6) is 0.211. The Labute approximate surface area is 147 Å². The number of benzene rings is 2. The summed E-state index contributed by atoms with van der Waals surface area (Å²) in [6.45, 7) is 5.72. The highest BCUT2D eigenvalue weighted by Crippen LogP contribution is 2.22. The van der Waals surface area contributed by atoms with E-state index in [0.29, 0.717) is 11.4 Å². The molecule has 4 nitrogen and oxygen atoms in total. The van der Waals surface area contributed by atoms with Crippen LogP contribution in [0.4, 0.5) is 11.4 Å². The van der Waals surface area contributed by atoms with Crippen LogP contribution in [0.5, 0.6) is 0 Å². The molecule has 0 heterocycles. The number of rotatable bonds is 6. The van der Waals surface area contributed by atoms with Crippen LogP contribution in [0.2, 0.25) is 0 Å². The zero-order chi connectivity index (χ0) is 17.5. The second-order valence-corrected chi connectivity index (χ2v) is 6.84. The predicted octanol–water partition coefficient (Wildman–Crippen LogP) is 4.32. The number of carbonyl (C=O) groups excluding carboxylic acids is 2. The number of amides is 2. The smallest absolute Gasteiger partial charge is 0.234 e. The van der Waals surface area contributed by atoms with Gasteiger partial charge in [-0.05, 0) is 42.8 Å². The first kappa shape index (κ1) is 18.1. The van der Waals surface area contributed by atoms with Crippen molar-refractivity contribution in [2.45, 2.75) is 25.7 Å². The van der Waals surface area contributed by atoms with Gasteiger partial charge in [0.25, 0.3) is 0 Å². The SMILES string of the molecule is Cc1ccccc1SCC(=O)Nc1ccc(NC(=O)C(C)C)cc1. The average molecular weight is 342 g/mol. The molecule has 0 aliphatic carbocycles. The number of carbonyl (C=O) groups is 2. The van der Waals surface area contributed by atoms with Crippen LogP contribution in [0.25, 0.3) is 0 Å². The van der Waals surface area contributed by atoms with Gasteiger partial charge in [0.1, 0.15) is 0 Å². The Bertz CT molecular complexity index is 712. The number of hydrogen-bond donors (Lipinski definition) is 2. The molecular formula is C19H22N2O2S. The minimum Gasteiger partial charge on any atom is -0.326 e. The van der Waals surface area contributed by atoms with Crippen LogP contribution in [0.3, 0.4) is 0 Å². The quantitative estimate of drug-likeness (QED) is 0.769. The van der Waals surface area contributed by atoms with Crippen molar-refractivity contribution in [3.05, 3.63) is 54.1 Å². The second-order valence-electron chi connectivity index (χ2n) is 5.82. The molecule has 2 N–H and O–H groups in total. The van der Waals surface area contributed by atoms with E-state index in [-0.39, 0.29) is 17.7 Å². The fourth-order valence-electron chi connectivity index (χ4n) is 1.98. The van der Waals surface area contributed by atoms with E-state index in [1.54, 1.807) is 24.3 Å². The van der Waals surface area contributed by atoms with Gasteiger partial charge in [-0.1, -0.05) is 32.0 Å². The van der Waals surface area contributed by atoms with Gasteiger partial charge in [0.05, 0.1) is 5.75 Å². The molecule has 2 rings (SSSR count). The summed E-state index contributed by atoms with van der Waals surface area (Å²) in [7, 11) is 0. The molecule has 2 amide bonds. The van der Waals surface area contributed by atoms with Crippen LogP contribution < -0.4 is 10.6 Å². The third-order valence-electron chi connectivity index (χ3n) is 3.41. The lowest BCUT2D eigenvalue weighted by Gasteiger charge is -2.09. The molecule has 0 fully saturated rings. The van der Waals surface area contributed by atoms with Gasteiger partial charge < -0.3 is 10.6 Å². The number of hydrogen-bond acceptors (Lipinski definition) is 3. The monoisotopic (exact) mass is 342 g/mol. The molecule has 2 aromatic carbocycles. The second kappa shape index (κ2) is 8.55. The van der Waals surface area contributed by atoms with Crippen molar-refractivity contribution in [2.24, 2.45) is 5.92 Å². The molecule has 24 heavy (non-hydrogen) atoms. The number of aryl methyl sites for hydroxylation is 1. The molecule has 0 saturated carbocycles. The standard InChI is InChI=1S/C19H22N2O2S/c1-13(2)19(23)21-16-10-8-15(9-11-16)20-18(22)12-24-17-7-5-4-6-14(17)3/h4-11,13H,12H2,1-3H3,(H,20,22)(H,21,23). The highest BCUT2D eigenvalue weighted by molar-refractivity contribution is 8.00. The molecule has 5 heteroatoms. The van der Waals surface area contributed by atoms with Crippen LogP contribution in [0.15, 0.2) is 53.4 Å². The first-order chi connectivity index (χ1) is 11.5. The maximum Gasteiger partial charge on any atom is 0.234 e. The summed E-state index contributed by atoms with van der Waals surface area (Å²) in [6, 6.07) is 15.1. The lowest BCUT2D eigenvalue weighted by Crippen LogP contribution is -2.18. The molecule has 0 aliphatic heterocycles. The summed E-state index contributed by atoms with van der Waals surface area (Å²) in [4.78, 5) is 24.8. The topological polar surface area (TPSA) is 58.2 Å². The summed E-state index contributed by atoms with van der Waals surface area (Å²) < 4.78 is 0. The molecule has 0 bridgehead atoms. The van der Waals surface area contributed by atoms with E-state index >= 15 is 0 Å². The first-order valence-electron chi connectivity index (χ1n) is 7.85. The van der Waals surface area contributed by atoms with E-state index in [2.05, 4.69) is 10.6 Å². The molecule has 0 spiro atoms. The largest absolute Gasteiger partial charge is 0.326 e. The number of nitrogens with one attached hydrogen (secondary N) is 2. The lowest BCUT2D eigenvalue weighted by molar-refractivity contribution is -0.119. The molecule has 0 radical (unpaired) electrons. The van der Waals surface area contributed by atoms with E-state index in [4.69, 9.17) is 0 Å². The van der Waals surface area contributed by atoms with Crippen molar-refractivity contribution in [1.82, 2.24) is 0 Å². The van der Waals surface area contributed by atoms with Gasteiger partial charge in [-0.15, -0.1) is 11.8 Å². The fourth-order valence-corrected chi connectivity index (χ4v) is 2.81. The summed E-state index contributed by atoms with van der Waals surface area (Å²) in [5.41, 5.74) is 2.61. The molecule has 2 aromatic rings. The Balaban J connectivity index is 1.86. The van der Waals surface area contributed by atoms with E-state index in [9.17, 15) is 9.59 Å². The zero-order valence-electron chi connectivity index (χ0n) is 14.1. The molecule has 0 aromatic heterocycles. The minimum absolute atomic E-state index is 0.0265. The summed E-state index contributed by atoms with van der Waals surface area (Å²) in [5, 5.41) is 5.68. The maximum absolute atomic E-state index is 12.0. The molecule has 0 saturated heterocycles. The van der Waals surface area contributed by atoms with Crippen molar-refractivity contribution < 1.29 is 9.59 Å². The fraction of sp³-hybridized carbons (Fsp3) is 0.263. The Morgan fingerprint density at radius 1 is 0.958 bits per heavy atom. The maximum atomic E-state index is 12.0. The van der Waals surface area contributed by atoms with Crippen LogP contribution in [0.1, 0.15) is 19.4 Å². The van der Waals surface area contributed by atoms with Crippen LogP contribution >= 0.6 is 11.8 Å². The van der Waals surface area contributed by atoms with Crippen LogP contribution in [-0.4, -0.2) is 17.6 Å². The Hall–Kier alpha value is -2.27. The van der Waals surface area contributed by atoms with Gasteiger partial charge in [0.15, 0.2) is 0 Å². The van der Waals surface area contributed by atoms with Gasteiger partial charge in [0, 0.05) is 22.2 Å². The van der Waals surface area contributed by atoms with Crippen molar-refractivity contribution in [1.29, 1.82) is 0 Å². The Kier molecular flexibility index (Phi) is 6.44. The zero-order valence-corrected chi connectivity index (χ0v) is 14.9. The predicted molar refractivity (Wildman–Crippen MR) is 100 cm³/mol. The van der Waals surface area contributed by atoms with Gasteiger partial charge in [-0.25, -0.2) is 0 Å². The molecule has 0 atom stereocenters. The van der Waals surface area contributed by atoms with E-state index in [1.165, 1.54) is 17.3 Å². The van der Waals surface area contributed by atoms with E-state index < -0.39 is 0 Å².